The molecule has 0 aromatic carbocycles. The lowest BCUT2D eigenvalue weighted by Gasteiger charge is -2.32. The molecule has 104 valence electrons. The van der Waals surface area contributed by atoms with Crippen molar-refractivity contribution in [2.24, 2.45) is 0 Å². The van der Waals surface area contributed by atoms with Crippen LogP contribution in [0.3, 0.4) is 0 Å². The van der Waals surface area contributed by atoms with E-state index in [4.69, 9.17) is 9.84 Å². The lowest BCUT2D eigenvalue weighted by atomic mass is 10.2. The van der Waals surface area contributed by atoms with E-state index in [2.05, 4.69) is 0 Å². The molecule has 1 aliphatic rings. The Hall–Kier alpha value is -1.40. The summed E-state index contributed by atoms with van der Waals surface area (Å²) in [5.74, 6) is -1.22. The SMILES string of the molecule is CCc1sc(C(=O)N2CCOCC2C(=O)O)cc1C. The molecule has 1 unspecified atom stereocenters. The van der Waals surface area contributed by atoms with Crippen LogP contribution in [-0.2, 0) is 16.0 Å². The Morgan fingerprint density at radius 1 is 1.58 bits per heavy atom. The van der Waals surface area contributed by atoms with Gasteiger partial charge in [0.1, 0.15) is 0 Å². The molecule has 0 saturated carbocycles. The minimum Gasteiger partial charge on any atom is -0.480 e. The molecule has 1 aromatic rings. The van der Waals surface area contributed by atoms with E-state index in [1.165, 1.54) is 21.1 Å². The number of thiophene rings is 1. The number of carbonyl (C=O) groups is 2. The molecule has 1 aromatic heterocycles. The first kappa shape index (κ1) is 14.0. The fourth-order valence-corrected chi connectivity index (χ4v) is 3.24. The molecule has 2 rings (SSSR count). The monoisotopic (exact) mass is 283 g/mol. The number of aliphatic carboxylic acids is 1. The van der Waals surface area contributed by atoms with Crippen LogP contribution in [0, 0.1) is 6.92 Å². The van der Waals surface area contributed by atoms with Crippen LogP contribution in [0.25, 0.3) is 0 Å². The lowest BCUT2D eigenvalue weighted by Crippen LogP contribution is -2.52. The maximum absolute atomic E-state index is 12.4. The highest BCUT2D eigenvalue weighted by Crippen LogP contribution is 2.25. The Bertz CT molecular complexity index is 497. The van der Waals surface area contributed by atoms with Crippen LogP contribution in [-0.4, -0.2) is 47.7 Å². The number of ether oxygens (including phenoxy) is 1. The van der Waals surface area contributed by atoms with E-state index in [0.29, 0.717) is 18.0 Å². The van der Waals surface area contributed by atoms with Crippen LogP contribution in [0.5, 0.6) is 0 Å². The zero-order valence-electron chi connectivity index (χ0n) is 11.0. The van der Waals surface area contributed by atoms with E-state index in [9.17, 15) is 9.59 Å². The summed E-state index contributed by atoms with van der Waals surface area (Å²) in [7, 11) is 0. The third kappa shape index (κ3) is 2.79. The van der Waals surface area contributed by atoms with E-state index < -0.39 is 12.0 Å². The van der Waals surface area contributed by atoms with Crippen LogP contribution < -0.4 is 0 Å². The molecule has 5 nitrogen and oxygen atoms in total. The summed E-state index contributed by atoms with van der Waals surface area (Å²) in [4.78, 5) is 26.8. The van der Waals surface area contributed by atoms with E-state index in [1.807, 2.05) is 19.9 Å². The van der Waals surface area contributed by atoms with Gasteiger partial charge in [0.05, 0.1) is 18.1 Å². The number of amides is 1. The van der Waals surface area contributed by atoms with Crippen molar-refractivity contribution >= 4 is 23.2 Å². The highest BCUT2D eigenvalue weighted by molar-refractivity contribution is 7.14. The van der Waals surface area contributed by atoms with Gasteiger partial charge in [0, 0.05) is 11.4 Å². The number of carbonyl (C=O) groups excluding carboxylic acids is 1. The van der Waals surface area contributed by atoms with Crippen LogP contribution in [0.1, 0.15) is 27.0 Å². The van der Waals surface area contributed by atoms with Gasteiger partial charge in [0.25, 0.3) is 5.91 Å². The minimum atomic E-state index is -1.02. The van der Waals surface area contributed by atoms with Crippen molar-refractivity contribution in [2.45, 2.75) is 26.3 Å². The molecule has 1 amide bonds. The van der Waals surface area contributed by atoms with Crippen molar-refractivity contribution in [1.29, 1.82) is 0 Å². The summed E-state index contributed by atoms with van der Waals surface area (Å²) in [6, 6.07) is 0.967. The Morgan fingerprint density at radius 3 is 2.89 bits per heavy atom. The third-order valence-corrected chi connectivity index (χ3v) is 4.60. The molecule has 1 atom stereocenters. The highest BCUT2D eigenvalue weighted by atomic mass is 32.1. The third-order valence-electron chi connectivity index (χ3n) is 3.23. The minimum absolute atomic E-state index is 0.0616. The van der Waals surface area contributed by atoms with Gasteiger partial charge in [-0.25, -0.2) is 4.79 Å². The van der Waals surface area contributed by atoms with Crippen LogP contribution in [0.15, 0.2) is 6.07 Å². The predicted molar refractivity (Wildman–Crippen MR) is 71.7 cm³/mol. The highest BCUT2D eigenvalue weighted by Gasteiger charge is 2.33. The summed E-state index contributed by atoms with van der Waals surface area (Å²) >= 11 is 1.45. The molecule has 1 saturated heterocycles. The number of hydrogen-bond donors (Lipinski definition) is 1. The average molecular weight is 283 g/mol. The first-order chi connectivity index (χ1) is 9.04. The van der Waals surface area contributed by atoms with Gasteiger partial charge >= 0.3 is 5.97 Å². The Kier molecular flexibility index (Phi) is 4.21. The molecule has 0 bridgehead atoms. The average Bonchev–Trinajstić information content (AvgIpc) is 2.79. The Balaban J connectivity index is 2.23. The maximum Gasteiger partial charge on any atom is 0.328 e. The molecule has 0 aliphatic carbocycles. The quantitative estimate of drug-likeness (QED) is 0.914. The van der Waals surface area contributed by atoms with Crippen molar-refractivity contribution in [1.82, 2.24) is 4.90 Å². The molecule has 2 heterocycles. The molecule has 6 heteroatoms. The molecular formula is C13H17NO4S. The van der Waals surface area contributed by atoms with Gasteiger partial charge in [0.15, 0.2) is 6.04 Å². The van der Waals surface area contributed by atoms with E-state index in [-0.39, 0.29) is 12.5 Å². The van der Waals surface area contributed by atoms with E-state index in [0.717, 1.165) is 12.0 Å². The Labute approximate surface area is 115 Å². The number of rotatable bonds is 3. The summed E-state index contributed by atoms with van der Waals surface area (Å²) in [6.07, 6.45) is 0.884. The van der Waals surface area contributed by atoms with Gasteiger partial charge in [-0.3, -0.25) is 4.79 Å². The van der Waals surface area contributed by atoms with Crippen LogP contribution in [0.4, 0.5) is 0 Å². The van der Waals surface area contributed by atoms with Crippen molar-refractivity contribution in [3.05, 3.63) is 21.4 Å². The maximum atomic E-state index is 12.4. The standard InChI is InChI=1S/C13H17NO4S/c1-3-10-8(2)6-11(19-10)12(15)14-4-5-18-7-9(14)13(16)17/h6,9H,3-5,7H2,1-2H3,(H,16,17). The first-order valence-corrected chi connectivity index (χ1v) is 7.07. The molecule has 0 spiro atoms. The van der Waals surface area contributed by atoms with Gasteiger partial charge in [-0.15, -0.1) is 11.3 Å². The second kappa shape index (κ2) is 5.71. The number of carboxylic acids is 1. The predicted octanol–water partition coefficient (Wildman–Crippen LogP) is 1.54. The summed E-state index contributed by atoms with van der Waals surface area (Å²) < 4.78 is 5.14. The van der Waals surface area contributed by atoms with Crippen molar-refractivity contribution < 1.29 is 19.4 Å². The zero-order valence-corrected chi connectivity index (χ0v) is 11.8. The number of nitrogens with zero attached hydrogens (tertiary/aromatic N) is 1. The second-order valence-corrected chi connectivity index (χ2v) is 5.63. The topological polar surface area (TPSA) is 66.8 Å². The van der Waals surface area contributed by atoms with Gasteiger partial charge in [-0.05, 0) is 25.0 Å². The van der Waals surface area contributed by atoms with E-state index >= 15 is 0 Å². The molecule has 19 heavy (non-hydrogen) atoms. The molecule has 1 aliphatic heterocycles. The lowest BCUT2D eigenvalue weighted by molar-refractivity contribution is -0.147. The fraction of sp³-hybridized carbons (Fsp3) is 0.538. The number of hydrogen-bond acceptors (Lipinski definition) is 4. The molecular weight excluding hydrogens is 266 g/mol. The van der Waals surface area contributed by atoms with Gasteiger partial charge < -0.3 is 14.7 Å². The summed E-state index contributed by atoms with van der Waals surface area (Å²) in [5, 5.41) is 9.14. The second-order valence-electron chi connectivity index (χ2n) is 4.50. The van der Waals surface area contributed by atoms with Crippen molar-refractivity contribution in [3.8, 4) is 0 Å². The number of morpholine rings is 1. The van der Waals surface area contributed by atoms with Gasteiger partial charge in [0.2, 0.25) is 0 Å². The first-order valence-electron chi connectivity index (χ1n) is 6.25. The molecule has 1 fully saturated rings. The van der Waals surface area contributed by atoms with Gasteiger partial charge in [-0.1, -0.05) is 6.92 Å². The molecule has 1 N–H and O–H groups in total. The summed E-state index contributed by atoms with van der Waals surface area (Å²) in [5.41, 5.74) is 1.09. The van der Waals surface area contributed by atoms with Crippen LogP contribution in [0.2, 0.25) is 0 Å². The smallest absolute Gasteiger partial charge is 0.328 e. The van der Waals surface area contributed by atoms with Gasteiger partial charge in [-0.2, -0.15) is 0 Å². The number of aryl methyl sites for hydroxylation is 2. The molecule has 0 radical (unpaired) electrons. The zero-order chi connectivity index (χ0) is 14.0. The van der Waals surface area contributed by atoms with Crippen molar-refractivity contribution in [3.63, 3.8) is 0 Å². The summed E-state index contributed by atoms with van der Waals surface area (Å²) in [6.45, 7) is 4.79. The number of carboxylic acid groups (broad SMARTS) is 1. The fourth-order valence-electron chi connectivity index (χ4n) is 2.17. The van der Waals surface area contributed by atoms with Crippen molar-refractivity contribution in [2.75, 3.05) is 19.8 Å². The van der Waals surface area contributed by atoms with E-state index in [1.54, 1.807) is 0 Å². The van der Waals surface area contributed by atoms with Crippen LogP contribution >= 0.6 is 11.3 Å². The Morgan fingerprint density at radius 2 is 2.32 bits per heavy atom. The largest absolute Gasteiger partial charge is 0.480 e. The normalized spacial score (nSPS) is 19.5.